The molecule has 1 N–H and O–H groups in total. The summed E-state index contributed by atoms with van der Waals surface area (Å²) in [5.41, 5.74) is 5.55. The van der Waals surface area contributed by atoms with Crippen molar-refractivity contribution in [2.24, 2.45) is 5.10 Å². The highest BCUT2D eigenvalue weighted by Crippen LogP contribution is 2.24. The monoisotopic (exact) mass is 382 g/mol. The molecule has 0 heterocycles. The molecule has 0 saturated carbocycles. The number of ether oxygens (including phenoxy) is 2. The van der Waals surface area contributed by atoms with E-state index in [1.807, 2.05) is 43.3 Å². The van der Waals surface area contributed by atoms with Crippen LogP contribution in [0.4, 0.5) is 0 Å². The van der Waals surface area contributed by atoms with Gasteiger partial charge in [-0.1, -0.05) is 39.3 Å². The molecule has 0 saturated heterocycles. The van der Waals surface area contributed by atoms with E-state index in [-0.39, 0.29) is 12.5 Å². The number of hydrazone groups is 1. The number of benzene rings is 2. The van der Waals surface area contributed by atoms with Gasteiger partial charge in [0.25, 0.3) is 5.91 Å². The molecule has 2 rings (SSSR count). The number of carbonyl (C=O) groups excluding carboxylic acids is 1. The maximum absolute atomic E-state index is 12.0. The lowest BCUT2D eigenvalue weighted by Gasteiger charge is -2.12. The van der Waals surface area contributed by atoms with E-state index in [9.17, 15) is 4.79 Å². The third-order valence-electron chi connectivity index (χ3n) is 4.29. The molecule has 0 aromatic heterocycles. The Labute approximate surface area is 167 Å². The lowest BCUT2D eigenvalue weighted by molar-refractivity contribution is -0.123. The fraction of sp³-hybridized carbons (Fsp3) is 0.391. The largest absolute Gasteiger partial charge is 0.494 e. The van der Waals surface area contributed by atoms with E-state index in [0.717, 1.165) is 42.1 Å². The Morgan fingerprint density at radius 2 is 1.89 bits per heavy atom. The summed E-state index contributed by atoms with van der Waals surface area (Å²) in [5.74, 6) is 1.67. The van der Waals surface area contributed by atoms with Gasteiger partial charge < -0.3 is 9.47 Å². The summed E-state index contributed by atoms with van der Waals surface area (Å²) in [6, 6.07) is 13.7. The second-order valence-electron chi connectivity index (χ2n) is 7.03. The van der Waals surface area contributed by atoms with Crippen LogP contribution < -0.4 is 14.9 Å². The van der Waals surface area contributed by atoms with E-state index < -0.39 is 0 Å². The topological polar surface area (TPSA) is 59.9 Å². The third kappa shape index (κ3) is 7.06. The Kier molecular flexibility index (Phi) is 8.53. The van der Waals surface area contributed by atoms with E-state index >= 15 is 0 Å². The first kappa shape index (κ1) is 21.5. The van der Waals surface area contributed by atoms with Crippen LogP contribution in [0.15, 0.2) is 47.6 Å². The SMILES string of the molecule is CCCCOc1ccc(/C=N\NC(=O)COc2cc(C(C)C)ccc2C)cc1. The maximum Gasteiger partial charge on any atom is 0.277 e. The summed E-state index contributed by atoms with van der Waals surface area (Å²) < 4.78 is 11.3. The third-order valence-corrected chi connectivity index (χ3v) is 4.29. The van der Waals surface area contributed by atoms with Crippen molar-refractivity contribution in [3.8, 4) is 11.5 Å². The number of rotatable bonds is 10. The standard InChI is InChI=1S/C23H30N2O3/c1-5-6-13-27-21-11-8-19(9-12-21)15-24-25-23(26)16-28-22-14-20(17(2)3)10-7-18(22)4/h7-12,14-15,17H,5-6,13,16H2,1-4H3,(H,25,26)/b24-15-. The van der Waals surface area contributed by atoms with Crippen LogP contribution in [0.3, 0.4) is 0 Å². The number of nitrogens with one attached hydrogen (secondary N) is 1. The van der Waals surface area contributed by atoms with Crippen molar-refractivity contribution in [2.45, 2.75) is 46.5 Å². The van der Waals surface area contributed by atoms with Gasteiger partial charge in [-0.2, -0.15) is 5.10 Å². The van der Waals surface area contributed by atoms with Crippen molar-refractivity contribution in [3.05, 3.63) is 59.2 Å². The molecule has 0 bridgehead atoms. The molecule has 28 heavy (non-hydrogen) atoms. The molecule has 0 unspecified atom stereocenters. The van der Waals surface area contributed by atoms with Gasteiger partial charge in [0, 0.05) is 0 Å². The number of unbranched alkanes of at least 4 members (excludes halogenated alkanes) is 1. The molecule has 0 aliphatic rings. The zero-order chi connectivity index (χ0) is 20.4. The Morgan fingerprint density at radius 3 is 2.57 bits per heavy atom. The Bertz CT molecular complexity index is 783. The molecule has 150 valence electrons. The van der Waals surface area contributed by atoms with Gasteiger partial charge in [-0.25, -0.2) is 5.43 Å². The minimum absolute atomic E-state index is 0.0794. The summed E-state index contributed by atoms with van der Waals surface area (Å²) in [4.78, 5) is 12.0. The van der Waals surface area contributed by atoms with Crippen LogP contribution >= 0.6 is 0 Å². The number of aryl methyl sites for hydroxylation is 1. The van der Waals surface area contributed by atoms with Gasteiger partial charge in [-0.05, 0) is 66.3 Å². The molecule has 5 heteroatoms. The Hall–Kier alpha value is -2.82. The highest BCUT2D eigenvalue weighted by atomic mass is 16.5. The second kappa shape index (κ2) is 11.1. The van der Waals surface area contributed by atoms with Crippen molar-refractivity contribution >= 4 is 12.1 Å². The summed E-state index contributed by atoms with van der Waals surface area (Å²) in [6.07, 6.45) is 3.74. The first-order valence-electron chi connectivity index (χ1n) is 9.77. The van der Waals surface area contributed by atoms with Gasteiger partial charge in [-0.3, -0.25) is 4.79 Å². The van der Waals surface area contributed by atoms with Gasteiger partial charge >= 0.3 is 0 Å². The highest BCUT2D eigenvalue weighted by molar-refractivity contribution is 5.83. The number of nitrogens with zero attached hydrogens (tertiary/aromatic N) is 1. The summed E-state index contributed by atoms with van der Waals surface area (Å²) in [7, 11) is 0. The molecule has 0 atom stereocenters. The lowest BCUT2D eigenvalue weighted by Crippen LogP contribution is -2.24. The first-order valence-corrected chi connectivity index (χ1v) is 9.77. The molecule has 2 aromatic carbocycles. The summed E-state index contributed by atoms with van der Waals surface area (Å²) >= 11 is 0. The van der Waals surface area contributed by atoms with E-state index in [2.05, 4.69) is 37.4 Å². The predicted octanol–water partition coefficient (Wildman–Crippen LogP) is 4.83. The number of hydrogen-bond acceptors (Lipinski definition) is 4. The average Bonchev–Trinajstić information content (AvgIpc) is 2.68. The van der Waals surface area contributed by atoms with E-state index in [0.29, 0.717) is 5.92 Å². The van der Waals surface area contributed by atoms with Gasteiger partial charge in [-0.15, -0.1) is 0 Å². The van der Waals surface area contributed by atoms with Gasteiger partial charge in [0.1, 0.15) is 11.5 Å². The van der Waals surface area contributed by atoms with Gasteiger partial charge in [0.2, 0.25) is 0 Å². The van der Waals surface area contributed by atoms with Crippen molar-refractivity contribution in [1.29, 1.82) is 0 Å². The normalized spacial score (nSPS) is 11.0. The minimum atomic E-state index is -0.301. The molecular formula is C23H30N2O3. The van der Waals surface area contributed by atoms with Crippen LogP contribution in [0.5, 0.6) is 11.5 Å². The lowest BCUT2D eigenvalue weighted by atomic mass is 10.0. The molecule has 5 nitrogen and oxygen atoms in total. The molecule has 0 aliphatic carbocycles. The van der Waals surface area contributed by atoms with Crippen LogP contribution in [0, 0.1) is 6.92 Å². The molecule has 2 aromatic rings. The smallest absolute Gasteiger partial charge is 0.277 e. The predicted molar refractivity (Wildman–Crippen MR) is 113 cm³/mol. The second-order valence-corrected chi connectivity index (χ2v) is 7.03. The number of carbonyl (C=O) groups is 1. The van der Waals surface area contributed by atoms with E-state index in [4.69, 9.17) is 9.47 Å². The minimum Gasteiger partial charge on any atom is -0.494 e. The van der Waals surface area contributed by atoms with Crippen molar-refractivity contribution in [2.75, 3.05) is 13.2 Å². The molecule has 1 amide bonds. The van der Waals surface area contributed by atoms with Gasteiger partial charge in [0.05, 0.1) is 12.8 Å². The quantitative estimate of drug-likeness (QED) is 0.364. The zero-order valence-electron chi connectivity index (χ0n) is 17.2. The van der Waals surface area contributed by atoms with Crippen LogP contribution in [0.2, 0.25) is 0 Å². The first-order chi connectivity index (χ1) is 13.5. The maximum atomic E-state index is 12.0. The summed E-state index contributed by atoms with van der Waals surface area (Å²) in [6.45, 7) is 8.99. The molecule has 0 fully saturated rings. The fourth-order valence-corrected chi connectivity index (χ4v) is 2.47. The van der Waals surface area contributed by atoms with Gasteiger partial charge in [0.15, 0.2) is 6.61 Å². The molecule has 0 aliphatic heterocycles. The molecule has 0 spiro atoms. The molecular weight excluding hydrogens is 352 g/mol. The number of amides is 1. The average molecular weight is 383 g/mol. The van der Waals surface area contributed by atoms with Crippen LogP contribution in [0.1, 0.15) is 56.2 Å². The molecule has 0 radical (unpaired) electrons. The van der Waals surface area contributed by atoms with E-state index in [1.54, 1.807) is 6.21 Å². The van der Waals surface area contributed by atoms with Crippen LogP contribution in [-0.2, 0) is 4.79 Å². The van der Waals surface area contributed by atoms with E-state index in [1.165, 1.54) is 5.56 Å². The fourth-order valence-electron chi connectivity index (χ4n) is 2.47. The number of hydrogen-bond donors (Lipinski definition) is 1. The van der Waals surface area contributed by atoms with Crippen LogP contribution in [0.25, 0.3) is 0 Å². The summed E-state index contributed by atoms with van der Waals surface area (Å²) in [5, 5.41) is 3.98. The van der Waals surface area contributed by atoms with Crippen molar-refractivity contribution in [3.63, 3.8) is 0 Å². The Morgan fingerprint density at radius 1 is 1.14 bits per heavy atom. The van der Waals surface area contributed by atoms with Crippen molar-refractivity contribution in [1.82, 2.24) is 5.43 Å². The van der Waals surface area contributed by atoms with Crippen LogP contribution in [-0.4, -0.2) is 25.3 Å². The Balaban J connectivity index is 1.80. The van der Waals surface area contributed by atoms with Crippen molar-refractivity contribution < 1.29 is 14.3 Å². The zero-order valence-corrected chi connectivity index (χ0v) is 17.2. The highest BCUT2D eigenvalue weighted by Gasteiger charge is 2.07.